The number of unbranched alkanes of at least 4 members (excludes halogenated alkanes) is 5. The van der Waals surface area contributed by atoms with Crippen molar-refractivity contribution in [2.75, 3.05) is 0 Å². The lowest BCUT2D eigenvalue weighted by molar-refractivity contribution is 0.364. The highest BCUT2D eigenvalue weighted by atomic mass is 127. The van der Waals surface area contributed by atoms with Gasteiger partial charge in [-0.1, -0.05) is 65.7 Å². The van der Waals surface area contributed by atoms with E-state index in [2.05, 4.69) is 66.0 Å². The first-order chi connectivity index (χ1) is 9.53. The summed E-state index contributed by atoms with van der Waals surface area (Å²) in [6.07, 6.45) is 12.0. The van der Waals surface area contributed by atoms with Crippen LogP contribution in [0.3, 0.4) is 0 Å². The summed E-state index contributed by atoms with van der Waals surface area (Å²) in [6, 6.07) is 0. The Labute approximate surface area is 156 Å². The van der Waals surface area contributed by atoms with Crippen LogP contribution in [0.4, 0.5) is 0 Å². The molecule has 0 saturated heterocycles. The number of hydrogen-bond donors (Lipinski definition) is 0. The van der Waals surface area contributed by atoms with Crippen molar-refractivity contribution in [1.29, 1.82) is 0 Å². The minimum absolute atomic E-state index is 0.303. The molecule has 1 rings (SSSR count). The number of halogens is 2. The lowest BCUT2D eigenvalue weighted by Gasteiger charge is -2.27. The molecule has 0 fully saturated rings. The molecule has 1 unspecified atom stereocenters. The standard InChI is InChI=1S/C16H27I2NS/c1-4-6-8-10-12-16(3,11-9-7-5-2)15-19-13(17)14(18)20-15/h4-12H2,1-3H3. The van der Waals surface area contributed by atoms with Gasteiger partial charge in [0.2, 0.25) is 0 Å². The van der Waals surface area contributed by atoms with E-state index in [4.69, 9.17) is 4.98 Å². The maximum atomic E-state index is 4.86. The first-order valence-corrected chi connectivity index (χ1v) is 10.8. The fraction of sp³-hybridized carbons (Fsp3) is 0.812. The Balaban J connectivity index is 2.71. The quantitative estimate of drug-likeness (QED) is 0.236. The van der Waals surface area contributed by atoms with Crippen LogP contribution >= 0.6 is 56.5 Å². The maximum Gasteiger partial charge on any atom is 0.126 e. The third-order valence-corrected chi connectivity index (χ3v) is 8.48. The van der Waals surface area contributed by atoms with Crippen LogP contribution in [-0.4, -0.2) is 4.98 Å². The molecule has 0 saturated carbocycles. The first kappa shape index (κ1) is 19.1. The summed E-state index contributed by atoms with van der Waals surface area (Å²) in [6.45, 7) is 7.01. The predicted molar refractivity (Wildman–Crippen MR) is 108 cm³/mol. The Hall–Kier alpha value is 1.09. The van der Waals surface area contributed by atoms with E-state index in [-0.39, 0.29) is 0 Å². The summed E-state index contributed by atoms with van der Waals surface area (Å²) in [5.74, 6) is 0. The average molecular weight is 519 g/mol. The normalized spacial score (nSPS) is 14.4. The van der Waals surface area contributed by atoms with Crippen LogP contribution in [0.25, 0.3) is 0 Å². The Morgan fingerprint density at radius 3 is 2.00 bits per heavy atom. The van der Waals surface area contributed by atoms with Crippen molar-refractivity contribution in [3.8, 4) is 0 Å². The molecule has 0 amide bonds. The van der Waals surface area contributed by atoms with Crippen molar-refractivity contribution in [3.05, 3.63) is 11.6 Å². The predicted octanol–water partition coefficient (Wildman–Crippen LogP) is 7.16. The van der Waals surface area contributed by atoms with E-state index < -0.39 is 0 Å². The Morgan fingerprint density at radius 1 is 0.950 bits per heavy atom. The van der Waals surface area contributed by atoms with Gasteiger partial charge in [-0.2, -0.15) is 0 Å². The highest BCUT2D eigenvalue weighted by Crippen LogP contribution is 2.39. The Bertz CT molecular complexity index is 372. The number of aromatic nitrogens is 1. The summed E-state index contributed by atoms with van der Waals surface area (Å²) < 4.78 is 2.55. The highest BCUT2D eigenvalue weighted by Gasteiger charge is 2.29. The van der Waals surface area contributed by atoms with Gasteiger partial charge in [0, 0.05) is 5.41 Å². The van der Waals surface area contributed by atoms with Crippen LogP contribution in [0.2, 0.25) is 0 Å². The second-order valence-electron chi connectivity index (χ2n) is 5.91. The molecule has 0 aromatic carbocycles. The summed E-state index contributed by atoms with van der Waals surface area (Å²) in [4.78, 5) is 4.86. The smallest absolute Gasteiger partial charge is 0.126 e. The van der Waals surface area contributed by atoms with E-state index in [9.17, 15) is 0 Å². The summed E-state index contributed by atoms with van der Waals surface area (Å²) in [7, 11) is 0. The van der Waals surface area contributed by atoms with E-state index in [0.29, 0.717) is 5.41 Å². The van der Waals surface area contributed by atoms with Crippen LogP contribution in [-0.2, 0) is 5.41 Å². The zero-order valence-corrected chi connectivity index (χ0v) is 18.1. The van der Waals surface area contributed by atoms with Gasteiger partial charge in [-0.15, -0.1) is 11.3 Å². The van der Waals surface area contributed by atoms with Crippen molar-refractivity contribution in [2.24, 2.45) is 0 Å². The van der Waals surface area contributed by atoms with Gasteiger partial charge < -0.3 is 0 Å². The fourth-order valence-electron chi connectivity index (χ4n) is 2.59. The lowest BCUT2D eigenvalue weighted by atomic mass is 9.80. The third-order valence-electron chi connectivity index (χ3n) is 3.98. The minimum atomic E-state index is 0.303. The number of thiazole rings is 1. The summed E-state index contributed by atoms with van der Waals surface area (Å²) in [5, 5.41) is 1.37. The molecular weight excluding hydrogens is 492 g/mol. The van der Waals surface area contributed by atoms with Crippen LogP contribution in [0.15, 0.2) is 0 Å². The molecule has 0 bridgehead atoms. The van der Waals surface area contributed by atoms with Crippen molar-refractivity contribution in [3.63, 3.8) is 0 Å². The molecule has 1 aromatic rings. The fourth-order valence-corrected chi connectivity index (χ4v) is 4.96. The highest BCUT2D eigenvalue weighted by molar-refractivity contribution is 14.1. The maximum absolute atomic E-state index is 4.86. The van der Waals surface area contributed by atoms with Crippen LogP contribution in [0.1, 0.15) is 83.6 Å². The topological polar surface area (TPSA) is 12.9 Å². The van der Waals surface area contributed by atoms with Crippen molar-refractivity contribution in [2.45, 2.75) is 84.0 Å². The van der Waals surface area contributed by atoms with Gasteiger partial charge in [-0.25, -0.2) is 4.98 Å². The second kappa shape index (κ2) is 9.98. The van der Waals surface area contributed by atoms with Crippen molar-refractivity contribution >= 4 is 56.5 Å². The van der Waals surface area contributed by atoms with Gasteiger partial charge >= 0.3 is 0 Å². The molecule has 0 spiro atoms. The molecule has 1 aromatic heterocycles. The van der Waals surface area contributed by atoms with Crippen molar-refractivity contribution in [1.82, 2.24) is 4.98 Å². The molecule has 20 heavy (non-hydrogen) atoms. The molecule has 0 radical (unpaired) electrons. The molecule has 4 heteroatoms. The monoisotopic (exact) mass is 519 g/mol. The van der Waals surface area contributed by atoms with Crippen LogP contribution < -0.4 is 0 Å². The zero-order valence-electron chi connectivity index (χ0n) is 13.0. The van der Waals surface area contributed by atoms with E-state index in [1.165, 1.54) is 69.4 Å². The van der Waals surface area contributed by atoms with Crippen LogP contribution in [0.5, 0.6) is 0 Å². The molecule has 1 atom stereocenters. The molecular formula is C16H27I2NS. The average Bonchev–Trinajstić information content (AvgIpc) is 2.76. The van der Waals surface area contributed by atoms with Gasteiger partial charge in [-0.3, -0.25) is 0 Å². The largest absolute Gasteiger partial charge is 0.234 e. The SMILES string of the molecule is CCCCCCC(C)(CCCCC)c1nc(I)c(I)s1. The number of nitrogens with zero attached hydrogens (tertiary/aromatic N) is 1. The molecule has 116 valence electrons. The zero-order chi connectivity index (χ0) is 15.0. The summed E-state index contributed by atoms with van der Waals surface area (Å²) in [5.41, 5.74) is 0.303. The van der Waals surface area contributed by atoms with E-state index in [1.807, 2.05) is 11.3 Å². The summed E-state index contributed by atoms with van der Waals surface area (Å²) >= 11 is 6.71. The van der Waals surface area contributed by atoms with Crippen LogP contribution in [0, 0.1) is 6.58 Å². The van der Waals surface area contributed by atoms with Gasteiger partial charge in [0.25, 0.3) is 0 Å². The van der Waals surface area contributed by atoms with Gasteiger partial charge in [-0.05, 0) is 58.0 Å². The number of rotatable bonds is 10. The number of hydrogen-bond acceptors (Lipinski definition) is 2. The Kier molecular flexibility index (Phi) is 9.55. The Morgan fingerprint density at radius 2 is 1.50 bits per heavy atom. The third kappa shape index (κ3) is 6.07. The molecule has 0 N–H and O–H groups in total. The molecule has 1 nitrogen and oxygen atoms in total. The lowest BCUT2D eigenvalue weighted by Crippen LogP contribution is -2.22. The van der Waals surface area contributed by atoms with E-state index >= 15 is 0 Å². The second-order valence-corrected chi connectivity index (χ2v) is 9.74. The van der Waals surface area contributed by atoms with Gasteiger partial charge in [0.1, 0.15) is 8.71 Å². The van der Waals surface area contributed by atoms with Gasteiger partial charge in [0.05, 0.1) is 2.88 Å². The van der Waals surface area contributed by atoms with Crippen molar-refractivity contribution < 1.29 is 0 Å². The first-order valence-electron chi connectivity index (χ1n) is 7.85. The molecule has 0 aliphatic rings. The minimum Gasteiger partial charge on any atom is -0.234 e. The van der Waals surface area contributed by atoms with E-state index in [0.717, 1.165) is 0 Å². The molecule has 0 aliphatic carbocycles. The molecule has 0 aliphatic heterocycles. The van der Waals surface area contributed by atoms with E-state index in [1.54, 1.807) is 0 Å². The molecule has 1 heterocycles. The van der Waals surface area contributed by atoms with Gasteiger partial charge in [0.15, 0.2) is 0 Å².